The number of aliphatic imine (C=N–C) groups is 1. The van der Waals surface area contributed by atoms with Crippen LogP contribution in [-0.2, 0) is 5.75 Å². The number of thioether (sulfide) groups is 1. The van der Waals surface area contributed by atoms with Gasteiger partial charge in [0.2, 0.25) is 0 Å². The van der Waals surface area contributed by atoms with Crippen molar-refractivity contribution in [1.82, 2.24) is 0 Å². The van der Waals surface area contributed by atoms with E-state index in [0.717, 1.165) is 17.0 Å². The van der Waals surface area contributed by atoms with Crippen molar-refractivity contribution in [2.45, 2.75) is 5.75 Å². The molecule has 0 aromatic heterocycles. The van der Waals surface area contributed by atoms with Crippen LogP contribution in [0.4, 0.5) is 5.69 Å². The molecule has 0 aliphatic carbocycles. The highest BCUT2D eigenvalue weighted by atomic mass is 32.2. The zero-order valence-electron chi connectivity index (χ0n) is 11.6. The fourth-order valence-electron chi connectivity index (χ4n) is 1.67. The molecule has 0 fully saturated rings. The van der Waals surface area contributed by atoms with Crippen LogP contribution in [0.15, 0.2) is 53.5 Å². The molecule has 4 nitrogen and oxygen atoms in total. The molecule has 2 N–H and O–H groups in total. The van der Waals surface area contributed by atoms with Crippen molar-refractivity contribution in [2.75, 3.05) is 7.11 Å². The van der Waals surface area contributed by atoms with Crippen molar-refractivity contribution in [1.29, 1.82) is 5.26 Å². The van der Waals surface area contributed by atoms with Gasteiger partial charge < -0.3 is 10.5 Å². The number of methoxy groups -OCH3 is 1. The molecule has 0 bridgehead atoms. The molecule has 5 heteroatoms. The fraction of sp³-hybridized carbons (Fsp3) is 0.125. The molecule has 0 aliphatic heterocycles. The summed E-state index contributed by atoms with van der Waals surface area (Å²) < 4.78 is 5.14. The zero-order valence-corrected chi connectivity index (χ0v) is 12.4. The van der Waals surface area contributed by atoms with Gasteiger partial charge in [0.25, 0.3) is 0 Å². The van der Waals surface area contributed by atoms with E-state index < -0.39 is 0 Å². The van der Waals surface area contributed by atoms with Crippen LogP contribution < -0.4 is 10.5 Å². The van der Waals surface area contributed by atoms with Gasteiger partial charge in [0.1, 0.15) is 5.75 Å². The molecule has 0 spiro atoms. The van der Waals surface area contributed by atoms with Crippen molar-refractivity contribution >= 4 is 22.6 Å². The normalized spacial score (nSPS) is 11.0. The van der Waals surface area contributed by atoms with Crippen molar-refractivity contribution in [3.63, 3.8) is 0 Å². The lowest BCUT2D eigenvalue weighted by Crippen LogP contribution is -2.06. The minimum absolute atomic E-state index is 0.493. The second-order valence-corrected chi connectivity index (χ2v) is 5.24. The molecule has 106 valence electrons. The van der Waals surface area contributed by atoms with Gasteiger partial charge in [0.05, 0.1) is 24.4 Å². The summed E-state index contributed by atoms with van der Waals surface area (Å²) in [5, 5.41) is 9.24. The summed E-state index contributed by atoms with van der Waals surface area (Å²) in [5.41, 5.74) is 8.44. The minimum Gasteiger partial charge on any atom is -0.497 e. The van der Waals surface area contributed by atoms with Crippen LogP contribution >= 0.6 is 11.8 Å². The van der Waals surface area contributed by atoms with Gasteiger partial charge in [-0.1, -0.05) is 30.0 Å². The van der Waals surface area contributed by atoms with E-state index >= 15 is 0 Å². The van der Waals surface area contributed by atoms with Gasteiger partial charge in [-0.25, -0.2) is 4.99 Å². The zero-order chi connectivity index (χ0) is 15.1. The number of rotatable bonds is 4. The first kappa shape index (κ1) is 14.9. The van der Waals surface area contributed by atoms with Gasteiger partial charge in [-0.05, 0) is 29.8 Å². The van der Waals surface area contributed by atoms with E-state index in [0.29, 0.717) is 16.5 Å². The summed E-state index contributed by atoms with van der Waals surface area (Å²) in [6.07, 6.45) is 0. The van der Waals surface area contributed by atoms with E-state index in [4.69, 9.17) is 15.7 Å². The van der Waals surface area contributed by atoms with Crippen LogP contribution in [0, 0.1) is 11.3 Å². The van der Waals surface area contributed by atoms with Crippen LogP contribution in [0.25, 0.3) is 0 Å². The molecule has 0 saturated carbocycles. The Morgan fingerprint density at radius 3 is 2.71 bits per heavy atom. The first-order valence-electron chi connectivity index (χ1n) is 6.31. The van der Waals surface area contributed by atoms with Gasteiger partial charge in [0, 0.05) is 11.8 Å². The van der Waals surface area contributed by atoms with Crippen molar-refractivity contribution in [3.8, 4) is 11.8 Å². The third kappa shape index (κ3) is 4.55. The molecular formula is C16H15N3OS. The molecule has 21 heavy (non-hydrogen) atoms. The van der Waals surface area contributed by atoms with E-state index in [2.05, 4.69) is 11.1 Å². The lowest BCUT2D eigenvalue weighted by Gasteiger charge is -2.03. The highest BCUT2D eigenvalue weighted by Crippen LogP contribution is 2.21. The van der Waals surface area contributed by atoms with Gasteiger partial charge in [-0.3, -0.25) is 0 Å². The summed E-state index contributed by atoms with van der Waals surface area (Å²) in [6.45, 7) is 0. The fourth-order valence-corrected chi connectivity index (χ4v) is 2.35. The average molecular weight is 297 g/mol. The number of hydrogen-bond acceptors (Lipinski definition) is 4. The van der Waals surface area contributed by atoms with Crippen molar-refractivity contribution < 1.29 is 4.74 Å². The maximum Gasteiger partial charge on any atom is 0.159 e. The number of amidine groups is 1. The van der Waals surface area contributed by atoms with Crippen LogP contribution in [0.2, 0.25) is 0 Å². The predicted molar refractivity (Wildman–Crippen MR) is 86.7 cm³/mol. The average Bonchev–Trinajstić information content (AvgIpc) is 2.53. The molecule has 2 rings (SSSR count). The standard InChI is InChI=1S/C16H15N3OS/c1-20-15-4-2-3-14(9-15)19-16(18)21-11-13-7-5-12(10-17)6-8-13/h2-9H,11H2,1H3,(H2,18,19). The Bertz CT molecular complexity index is 675. The third-order valence-corrected chi connectivity index (χ3v) is 3.63. The molecule has 0 amide bonds. The van der Waals surface area contributed by atoms with Gasteiger partial charge in [-0.2, -0.15) is 5.26 Å². The summed E-state index contributed by atoms with van der Waals surface area (Å²) >= 11 is 1.46. The second kappa shape index (κ2) is 7.36. The lowest BCUT2D eigenvalue weighted by molar-refractivity contribution is 0.415. The number of benzene rings is 2. The van der Waals surface area contributed by atoms with E-state index in [-0.39, 0.29) is 0 Å². The number of nitrogens with two attached hydrogens (primary N) is 1. The van der Waals surface area contributed by atoms with E-state index in [1.807, 2.05) is 36.4 Å². The van der Waals surface area contributed by atoms with Crippen LogP contribution in [0.5, 0.6) is 5.75 Å². The SMILES string of the molecule is COc1cccc(N=C(N)SCc2ccc(C#N)cc2)c1. The summed E-state index contributed by atoms with van der Waals surface area (Å²) in [6, 6.07) is 17.0. The summed E-state index contributed by atoms with van der Waals surface area (Å²) in [5.74, 6) is 1.46. The Hall–Kier alpha value is -2.45. The van der Waals surface area contributed by atoms with E-state index in [9.17, 15) is 0 Å². The topological polar surface area (TPSA) is 71.4 Å². The Morgan fingerprint density at radius 1 is 1.29 bits per heavy atom. The Balaban J connectivity index is 1.98. The monoisotopic (exact) mass is 297 g/mol. The minimum atomic E-state index is 0.493. The molecule has 2 aromatic carbocycles. The summed E-state index contributed by atoms with van der Waals surface area (Å²) in [7, 11) is 1.62. The number of hydrogen-bond donors (Lipinski definition) is 1. The van der Waals surface area contributed by atoms with Crippen molar-refractivity contribution in [2.24, 2.45) is 10.7 Å². The maximum absolute atomic E-state index is 8.75. The smallest absolute Gasteiger partial charge is 0.159 e. The van der Waals surface area contributed by atoms with Crippen LogP contribution in [-0.4, -0.2) is 12.3 Å². The second-order valence-electron chi connectivity index (χ2n) is 4.25. The van der Waals surface area contributed by atoms with Crippen LogP contribution in [0.3, 0.4) is 0 Å². The van der Waals surface area contributed by atoms with E-state index in [1.165, 1.54) is 11.8 Å². The number of nitrogens with zero attached hydrogens (tertiary/aromatic N) is 2. The molecule has 2 aromatic rings. The first-order valence-corrected chi connectivity index (χ1v) is 7.30. The van der Waals surface area contributed by atoms with Crippen LogP contribution in [0.1, 0.15) is 11.1 Å². The number of ether oxygens (including phenoxy) is 1. The highest BCUT2D eigenvalue weighted by molar-refractivity contribution is 8.13. The largest absolute Gasteiger partial charge is 0.497 e. The molecule has 0 heterocycles. The lowest BCUT2D eigenvalue weighted by atomic mass is 10.2. The molecule has 0 saturated heterocycles. The number of nitriles is 1. The molecular weight excluding hydrogens is 282 g/mol. The Labute approximate surface area is 128 Å². The van der Waals surface area contributed by atoms with Gasteiger partial charge >= 0.3 is 0 Å². The summed E-state index contributed by atoms with van der Waals surface area (Å²) in [4.78, 5) is 4.34. The first-order chi connectivity index (χ1) is 10.2. The quantitative estimate of drug-likeness (QED) is 0.693. The van der Waals surface area contributed by atoms with Crippen molar-refractivity contribution in [3.05, 3.63) is 59.7 Å². The molecule has 0 unspecified atom stereocenters. The predicted octanol–water partition coefficient (Wildman–Crippen LogP) is 3.45. The van der Waals surface area contributed by atoms with Gasteiger partial charge in [0.15, 0.2) is 5.17 Å². The third-order valence-electron chi connectivity index (χ3n) is 2.76. The highest BCUT2D eigenvalue weighted by Gasteiger charge is 1.99. The Kier molecular flexibility index (Phi) is 5.24. The molecule has 0 radical (unpaired) electrons. The maximum atomic E-state index is 8.75. The molecule has 0 aliphatic rings. The van der Waals surface area contributed by atoms with E-state index in [1.54, 1.807) is 19.2 Å². The Morgan fingerprint density at radius 2 is 2.05 bits per heavy atom. The molecule has 0 atom stereocenters. The van der Waals surface area contributed by atoms with Gasteiger partial charge in [-0.15, -0.1) is 0 Å².